The number of nitrogens with zero attached hydrogens (tertiary/aromatic N) is 4. The molecule has 0 aliphatic carbocycles. The second-order valence-corrected chi connectivity index (χ2v) is 3.29. The van der Waals surface area contributed by atoms with Gasteiger partial charge in [-0.1, -0.05) is 0 Å². The van der Waals surface area contributed by atoms with Gasteiger partial charge < -0.3 is 0 Å². The van der Waals surface area contributed by atoms with E-state index in [0.29, 0.717) is 13.0 Å². The van der Waals surface area contributed by atoms with E-state index in [1.807, 2.05) is 14.0 Å². The van der Waals surface area contributed by atoms with Crippen LogP contribution >= 0.6 is 0 Å². The molecular formula is C10H14N4. The summed E-state index contributed by atoms with van der Waals surface area (Å²) in [7, 11) is 1.97. The molecule has 0 aliphatic heterocycles. The van der Waals surface area contributed by atoms with Crippen LogP contribution < -0.4 is 0 Å². The molecule has 0 spiro atoms. The number of nitriles is 1. The van der Waals surface area contributed by atoms with Crippen LogP contribution in [0.1, 0.15) is 19.2 Å². The Morgan fingerprint density at radius 3 is 2.71 bits per heavy atom. The molecule has 1 unspecified atom stereocenters. The van der Waals surface area contributed by atoms with Crippen molar-refractivity contribution in [3.05, 3.63) is 24.3 Å². The van der Waals surface area contributed by atoms with Gasteiger partial charge >= 0.3 is 0 Å². The van der Waals surface area contributed by atoms with Gasteiger partial charge in [0.15, 0.2) is 0 Å². The Morgan fingerprint density at radius 1 is 1.50 bits per heavy atom. The van der Waals surface area contributed by atoms with Crippen LogP contribution in [0.3, 0.4) is 0 Å². The molecule has 14 heavy (non-hydrogen) atoms. The van der Waals surface area contributed by atoms with Crippen molar-refractivity contribution in [3.63, 3.8) is 0 Å². The molecule has 0 radical (unpaired) electrons. The van der Waals surface area contributed by atoms with Gasteiger partial charge in [0, 0.05) is 18.4 Å². The first-order chi connectivity index (χ1) is 6.74. The van der Waals surface area contributed by atoms with Crippen LogP contribution in [0.15, 0.2) is 18.5 Å². The summed E-state index contributed by atoms with van der Waals surface area (Å²) in [6, 6.07) is 4.19. The molecule has 4 heteroatoms. The molecule has 0 aliphatic rings. The normalized spacial score (nSPS) is 12.4. The zero-order valence-electron chi connectivity index (χ0n) is 8.51. The summed E-state index contributed by atoms with van der Waals surface area (Å²) in [5.41, 5.74) is 0. The van der Waals surface area contributed by atoms with Crippen molar-refractivity contribution >= 4 is 0 Å². The molecule has 1 aromatic rings. The summed E-state index contributed by atoms with van der Waals surface area (Å²) < 4.78 is 0. The number of aromatic nitrogens is 2. The highest BCUT2D eigenvalue weighted by atomic mass is 15.1. The van der Waals surface area contributed by atoms with E-state index in [1.54, 1.807) is 18.5 Å². The van der Waals surface area contributed by atoms with E-state index in [0.717, 1.165) is 5.82 Å². The van der Waals surface area contributed by atoms with Crippen LogP contribution in [0.25, 0.3) is 0 Å². The summed E-state index contributed by atoms with van der Waals surface area (Å²) >= 11 is 0. The lowest BCUT2D eigenvalue weighted by Crippen LogP contribution is -2.28. The molecule has 1 rings (SSSR count). The first-order valence-electron chi connectivity index (χ1n) is 4.57. The molecule has 1 aromatic heterocycles. The largest absolute Gasteiger partial charge is 0.295 e. The van der Waals surface area contributed by atoms with Gasteiger partial charge in [-0.3, -0.25) is 4.90 Å². The van der Waals surface area contributed by atoms with Crippen molar-refractivity contribution in [2.45, 2.75) is 25.9 Å². The lowest BCUT2D eigenvalue weighted by Gasteiger charge is -2.21. The van der Waals surface area contributed by atoms with Crippen LogP contribution in [0.4, 0.5) is 0 Å². The van der Waals surface area contributed by atoms with Crippen molar-refractivity contribution in [2.24, 2.45) is 0 Å². The Morgan fingerprint density at radius 2 is 2.14 bits per heavy atom. The summed E-state index contributed by atoms with van der Waals surface area (Å²) in [5.74, 6) is 0.791. The van der Waals surface area contributed by atoms with E-state index >= 15 is 0 Å². The maximum Gasteiger partial charge on any atom is 0.142 e. The van der Waals surface area contributed by atoms with Gasteiger partial charge in [0.2, 0.25) is 0 Å². The van der Waals surface area contributed by atoms with Crippen LogP contribution in [-0.4, -0.2) is 28.0 Å². The van der Waals surface area contributed by atoms with Gasteiger partial charge in [0.25, 0.3) is 0 Å². The summed E-state index contributed by atoms with van der Waals surface area (Å²) in [5, 5.41) is 8.54. The van der Waals surface area contributed by atoms with Crippen LogP contribution in [0, 0.1) is 11.3 Å². The van der Waals surface area contributed by atoms with Crippen LogP contribution in [-0.2, 0) is 6.54 Å². The highest BCUT2D eigenvalue weighted by Crippen LogP contribution is 2.03. The van der Waals surface area contributed by atoms with E-state index in [1.165, 1.54) is 0 Å². The quantitative estimate of drug-likeness (QED) is 0.716. The third-order valence-electron chi connectivity index (χ3n) is 2.15. The summed E-state index contributed by atoms with van der Waals surface area (Å²) in [6.45, 7) is 2.70. The van der Waals surface area contributed by atoms with E-state index in [-0.39, 0.29) is 6.04 Å². The Balaban J connectivity index is 2.49. The molecule has 0 amide bonds. The third-order valence-corrected chi connectivity index (χ3v) is 2.15. The fourth-order valence-corrected chi connectivity index (χ4v) is 1.08. The van der Waals surface area contributed by atoms with Crippen LogP contribution in [0.2, 0.25) is 0 Å². The minimum Gasteiger partial charge on any atom is -0.295 e. The predicted octanol–water partition coefficient (Wildman–Crippen LogP) is 1.21. The molecule has 0 N–H and O–H groups in total. The maximum absolute atomic E-state index is 8.54. The molecule has 1 atom stereocenters. The molecule has 0 saturated carbocycles. The number of rotatable bonds is 4. The monoisotopic (exact) mass is 190 g/mol. The topological polar surface area (TPSA) is 52.8 Å². The molecule has 0 saturated heterocycles. The van der Waals surface area contributed by atoms with Gasteiger partial charge in [0.05, 0.1) is 19.0 Å². The van der Waals surface area contributed by atoms with Gasteiger partial charge in [-0.05, 0) is 20.0 Å². The smallest absolute Gasteiger partial charge is 0.142 e. The molecule has 0 aromatic carbocycles. The molecule has 4 nitrogen and oxygen atoms in total. The standard InChI is InChI=1S/C10H14N4/c1-9(4-5-11)14(2)8-10-12-6-3-7-13-10/h3,6-7,9H,4,8H2,1-2H3. The van der Waals surface area contributed by atoms with E-state index < -0.39 is 0 Å². The van der Waals surface area contributed by atoms with Gasteiger partial charge in [-0.2, -0.15) is 5.26 Å². The zero-order valence-corrected chi connectivity index (χ0v) is 8.51. The fourth-order valence-electron chi connectivity index (χ4n) is 1.08. The van der Waals surface area contributed by atoms with Crippen molar-refractivity contribution in [1.29, 1.82) is 5.26 Å². The zero-order chi connectivity index (χ0) is 10.4. The van der Waals surface area contributed by atoms with Crippen molar-refractivity contribution in [3.8, 4) is 6.07 Å². The SMILES string of the molecule is CC(CC#N)N(C)Cc1ncccn1. The molecular weight excluding hydrogens is 176 g/mol. The Hall–Kier alpha value is -1.47. The molecule has 0 fully saturated rings. The van der Waals surface area contributed by atoms with E-state index in [9.17, 15) is 0 Å². The summed E-state index contributed by atoms with van der Waals surface area (Å²) in [4.78, 5) is 10.3. The highest BCUT2D eigenvalue weighted by molar-refractivity contribution is 4.89. The summed E-state index contributed by atoms with van der Waals surface area (Å²) in [6.07, 6.45) is 3.99. The van der Waals surface area contributed by atoms with Gasteiger partial charge in [0.1, 0.15) is 5.82 Å². The van der Waals surface area contributed by atoms with Crippen molar-refractivity contribution < 1.29 is 0 Å². The lowest BCUT2D eigenvalue weighted by atomic mass is 10.2. The Labute approximate surface area is 84.2 Å². The predicted molar refractivity (Wildman–Crippen MR) is 53.2 cm³/mol. The molecule has 74 valence electrons. The van der Waals surface area contributed by atoms with Crippen molar-refractivity contribution in [1.82, 2.24) is 14.9 Å². The van der Waals surface area contributed by atoms with E-state index in [2.05, 4.69) is 20.9 Å². The lowest BCUT2D eigenvalue weighted by molar-refractivity contribution is 0.246. The van der Waals surface area contributed by atoms with Crippen LogP contribution in [0.5, 0.6) is 0 Å². The maximum atomic E-state index is 8.54. The third kappa shape index (κ3) is 3.11. The second kappa shape index (κ2) is 5.30. The second-order valence-electron chi connectivity index (χ2n) is 3.29. The van der Waals surface area contributed by atoms with Gasteiger partial charge in [-0.25, -0.2) is 9.97 Å². The minimum atomic E-state index is 0.240. The highest BCUT2D eigenvalue weighted by Gasteiger charge is 2.09. The number of hydrogen-bond acceptors (Lipinski definition) is 4. The van der Waals surface area contributed by atoms with Crippen molar-refractivity contribution in [2.75, 3.05) is 7.05 Å². The average molecular weight is 190 g/mol. The molecule has 1 heterocycles. The fraction of sp³-hybridized carbons (Fsp3) is 0.500. The minimum absolute atomic E-state index is 0.240. The van der Waals surface area contributed by atoms with E-state index in [4.69, 9.17) is 5.26 Å². The average Bonchev–Trinajstić information content (AvgIpc) is 2.19. The molecule has 0 bridgehead atoms. The first kappa shape index (κ1) is 10.6. The van der Waals surface area contributed by atoms with Gasteiger partial charge in [-0.15, -0.1) is 0 Å². The Kier molecular flexibility index (Phi) is 4.02. The first-order valence-corrected chi connectivity index (χ1v) is 4.57. The number of hydrogen-bond donors (Lipinski definition) is 0. The Bertz CT molecular complexity index is 304.